The molecule has 11 heavy (non-hydrogen) atoms. The van der Waals surface area contributed by atoms with Gasteiger partial charge in [-0.15, -0.1) is 0 Å². The van der Waals surface area contributed by atoms with Gasteiger partial charge in [0.25, 0.3) is 0 Å². The molecule has 1 heterocycles. The smallest absolute Gasteiger partial charge is 1.00 e. The molecule has 0 aliphatic carbocycles. The number of pyridine rings is 1. The molecule has 3 nitrogen and oxygen atoms in total. The van der Waals surface area contributed by atoms with Crippen LogP contribution in [-0.4, -0.2) is 76.9 Å². The first-order valence-corrected chi connectivity index (χ1v) is 2.44. The molecule has 1 rings (SSSR count). The average Bonchev–Trinajstić information content (AvgIpc) is 1.90. The first kappa shape index (κ1) is 14.2. The maximum absolute atomic E-state index is 10.2. The topological polar surface area (TPSA) is 50.2 Å². The van der Waals surface area contributed by atoms with E-state index in [2.05, 4.69) is 4.98 Å². The molecular weight excluding hydrogens is 182 g/mol. The average molecular weight is 192 g/mol. The van der Waals surface area contributed by atoms with E-state index in [1.165, 1.54) is 18.5 Å². The van der Waals surface area contributed by atoms with E-state index in [4.69, 9.17) is 5.11 Å². The summed E-state index contributed by atoms with van der Waals surface area (Å²) in [7, 11) is 0. The number of nitrogens with zero attached hydrogens (tertiary/aromatic N) is 1. The predicted molar refractivity (Wildman–Crippen MR) is 47.2 cm³/mol. The third kappa shape index (κ3) is 4.98. The zero-order chi connectivity index (χ0) is 6.69. The SMILES string of the molecule is O=C(O)c1cccnc1.[Ca+2].[H-].[H-].[H-].[H-].[Mg+2]. The second-order valence-corrected chi connectivity index (χ2v) is 1.55. The molecule has 0 bridgehead atoms. The zero-order valence-corrected chi connectivity index (χ0v) is 9.65. The summed E-state index contributed by atoms with van der Waals surface area (Å²) >= 11 is 0. The Labute approximate surface area is 116 Å². The van der Waals surface area contributed by atoms with Gasteiger partial charge in [0.1, 0.15) is 0 Å². The maximum atomic E-state index is 10.2. The Morgan fingerprint density at radius 1 is 1.64 bits per heavy atom. The van der Waals surface area contributed by atoms with Crippen molar-refractivity contribution in [3.63, 3.8) is 0 Å². The molecule has 1 aromatic heterocycles. The molecule has 0 saturated carbocycles. The molecule has 54 valence electrons. The Morgan fingerprint density at radius 2 is 2.27 bits per heavy atom. The van der Waals surface area contributed by atoms with Crippen molar-refractivity contribution >= 4 is 66.8 Å². The molecular formula is C6H9CaMgNO2. The number of hydrogen-bond acceptors (Lipinski definition) is 2. The summed E-state index contributed by atoms with van der Waals surface area (Å²) in [5.41, 5.74) is 0.220. The van der Waals surface area contributed by atoms with Gasteiger partial charge in [-0.05, 0) is 12.1 Å². The Bertz CT molecular complexity index is 230. The van der Waals surface area contributed by atoms with E-state index in [0.717, 1.165) is 0 Å². The standard InChI is InChI=1S/C6H5NO2.Ca.Mg.4H/c8-6(9)5-2-1-3-7-4-5;;;;;;/h1-4H,(H,8,9);;;;;;/q;2*+2;4*-1. The van der Waals surface area contributed by atoms with Crippen molar-refractivity contribution < 1.29 is 15.6 Å². The summed E-state index contributed by atoms with van der Waals surface area (Å²) in [5, 5.41) is 8.34. The fraction of sp³-hybridized carbons (Fsp3) is 0. The molecule has 0 aliphatic heterocycles. The van der Waals surface area contributed by atoms with Gasteiger partial charge < -0.3 is 10.8 Å². The number of aromatic carboxylic acids is 1. The maximum Gasteiger partial charge on any atom is 2.00 e. The van der Waals surface area contributed by atoms with E-state index in [1.54, 1.807) is 6.07 Å². The molecule has 0 fully saturated rings. The number of rotatable bonds is 1. The predicted octanol–water partition coefficient (Wildman–Crippen LogP) is 0.468. The van der Waals surface area contributed by atoms with Crippen LogP contribution in [0.1, 0.15) is 16.1 Å². The van der Waals surface area contributed by atoms with E-state index in [9.17, 15) is 4.79 Å². The van der Waals surface area contributed by atoms with Crippen LogP contribution in [0.25, 0.3) is 0 Å². The number of carboxylic acid groups (broad SMARTS) is 1. The molecule has 0 aliphatic rings. The summed E-state index contributed by atoms with van der Waals surface area (Å²) in [6, 6.07) is 3.08. The number of hydrogen-bond donors (Lipinski definition) is 1. The van der Waals surface area contributed by atoms with Crippen LogP contribution in [0.3, 0.4) is 0 Å². The normalized spacial score (nSPS) is 7.27. The van der Waals surface area contributed by atoms with Gasteiger partial charge in [0.2, 0.25) is 0 Å². The quantitative estimate of drug-likeness (QED) is 0.657. The third-order valence-corrected chi connectivity index (χ3v) is 0.908. The Hall–Kier alpha value is 0.646. The van der Waals surface area contributed by atoms with Crippen molar-refractivity contribution in [2.75, 3.05) is 0 Å². The monoisotopic (exact) mass is 191 g/mol. The first-order chi connectivity index (χ1) is 4.30. The first-order valence-electron chi connectivity index (χ1n) is 2.44. The van der Waals surface area contributed by atoms with Gasteiger partial charge >= 0.3 is 66.8 Å². The minimum atomic E-state index is -0.942. The number of carbonyl (C=O) groups is 1. The van der Waals surface area contributed by atoms with E-state index < -0.39 is 5.97 Å². The van der Waals surface area contributed by atoms with Gasteiger partial charge in [0, 0.05) is 12.4 Å². The van der Waals surface area contributed by atoms with E-state index >= 15 is 0 Å². The van der Waals surface area contributed by atoms with Crippen LogP contribution in [0.5, 0.6) is 0 Å². The van der Waals surface area contributed by atoms with E-state index in [1.807, 2.05) is 0 Å². The summed E-state index contributed by atoms with van der Waals surface area (Å²) < 4.78 is 0. The molecule has 1 N–H and O–H groups in total. The van der Waals surface area contributed by atoms with Crippen LogP contribution >= 0.6 is 0 Å². The van der Waals surface area contributed by atoms with Crippen molar-refractivity contribution in [1.82, 2.24) is 4.98 Å². The molecule has 1 aromatic rings. The second-order valence-electron chi connectivity index (χ2n) is 1.55. The molecule has 0 radical (unpaired) electrons. The Morgan fingerprint density at radius 3 is 2.55 bits per heavy atom. The van der Waals surface area contributed by atoms with Crippen LogP contribution in [0.2, 0.25) is 0 Å². The van der Waals surface area contributed by atoms with Gasteiger partial charge in [-0.25, -0.2) is 4.79 Å². The van der Waals surface area contributed by atoms with Gasteiger partial charge in [-0.2, -0.15) is 0 Å². The molecule has 0 amide bonds. The van der Waals surface area contributed by atoms with Gasteiger partial charge in [-0.1, -0.05) is 0 Å². The fourth-order valence-electron chi connectivity index (χ4n) is 0.489. The molecule has 0 unspecified atom stereocenters. The summed E-state index contributed by atoms with van der Waals surface area (Å²) in [4.78, 5) is 13.8. The minimum Gasteiger partial charge on any atom is -1.00 e. The summed E-state index contributed by atoms with van der Waals surface area (Å²) in [5.74, 6) is -0.942. The zero-order valence-electron chi connectivity index (χ0n) is 10.0. The summed E-state index contributed by atoms with van der Waals surface area (Å²) in [6.07, 6.45) is 2.84. The van der Waals surface area contributed by atoms with Crippen molar-refractivity contribution in [2.45, 2.75) is 0 Å². The minimum absolute atomic E-state index is 0. The van der Waals surface area contributed by atoms with Crippen LogP contribution in [0, 0.1) is 0 Å². The second kappa shape index (κ2) is 7.30. The van der Waals surface area contributed by atoms with Crippen molar-refractivity contribution in [3.05, 3.63) is 30.1 Å². The van der Waals surface area contributed by atoms with Crippen LogP contribution in [0.4, 0.5) is 0 Å². The van der Waals surface area contributed by atoms with E-state index in [0.29, 0.717) is 0 Å². The molecule has 0 saturated heterocycles. The van der Waals surface area contributed by atoms with Gasteiger partial charge in [-0.3, -0.25) is 4.98 Å². The van der Waals surface area contributed by atoms with Crippen molar-refractivity contribution in [3.8, 4) is 0 Å². The van der Waals surface area contributed by atoms with Crippen molar-refractivity contribution in [1.29, 1.82) is 0 Å². The van der Waals surface area contributed by atoms with Crippen LogP contribution in [0.15, 0.2) is 24.5 Å². The molecule has 0 spiro atoms. The largest absolute Gasteiger partial charge is 2.00 e. The van der Waals surface area contributed by atoms with Gasteiger partial charge in [0.05, 0.1) is 5.56 Å². The molecule has 0 atom stereocenters. The molecule has 5 heteroatoms. The summed E-state index contributed by atoms with van der Waals surface area (Å²) in [6.45, 7) is 0. The molecule has 0 aromatic carbocycles. The Kier molecular flexibility index (Phi) is 9.42. The third-order valence-electron chi connectivity index (χ3n) is 0.908. The van der Waals surface area contributed by atoms with Crippen LogP contribution < -0.4 is 0 Å². The van der Waals surface area contributed by atoms with Crippen LogP contribution in [-0.2, 0) is 0 Å². The Balaban J connectivity index is -0.0000000337. The van der Waals surface area contributed by atoms with Crippen molar-refractivity contribution in [2.24, 2.45) is 0 Å². The number of aromatic nitrogens is 1. The number of carboxylic acids is 1. The fourth-order valence-corrected chi connectivity index (χ4v) is 0.489. The van der Waals surface area contributed by atoms with E-state index in [-0.39, 0.29) is 72.1 Å². The van der Waals surface area contributed by atoms with Gasteiger partial charge in [0.15, 0.2) is 0 Å².